The van der Waals surface area contributed by atoms with Crippen LogP contribution >= 0.6 is 23.5 Å². The van der Waals surface area contributed by atoms with Gasteiger partial charge in [0, 0.05) is 12.4 Å². The first-order chi connectivity index (χ1) is 23.8. The van der Waals surface area contributed by atoms with E-state index >= 15 is 0 Å². The topological polar surface area (TPSA) is 125 Å². The van der Waals surface area contributed by atoms with Gasteiger partial charge in [-0.15, -0.1) is 0 Å². The summed E-state index contributed by atoms with van der Waals surface area (Å²) in [6.07, 6.45) is 3.49. The van der Waals surface area contributed by atoms with Gasteiger partial charge in [0.1, 0.15) is 27.1 Å². The Bertz CT molecular complexity index is 2090. The van der Waals surface area contributed by atoms with Gasteiger partial charge in [-0.3, -0.25) is 18.7 Å². The van der Waals surface area contributed by atoms with Crippen LogP contribution in [-0.4, -0.2) is 62.2 Å². The molecule has 6 aromatic rings. The Morgan fingerprint density at radius 2 is 1.14 bits per heavy atom. The number of nitrogens with zero attached hydrogens (tertiary/aromatic N) is 6. The Kier molecular flexibility index (Phi) is 11.6. The molecule has 6 rings (SSSR count). The van der Waals surface area contributed by atoms with Crippen LogP contribution in [0, 0.1) is 13.8 Å². The minimum absolute atomic E-state index is 0.241. The van der Waals surface area contributed by atoms with E-state index in [-0.39, 0.29) is 11.2 Å². The van der Waals surface area contributed by atoms with Crippen molar-refractivity contribution in [3.05, 3.63) is 107 Å². The monoisotopic (exact) mass is 710 g/mol. The van der Waals surface area contributed by atoms with E-state index in [9.17, 15) is 9.59 Å². The lowest BCUT2D eigenvalue weighted by Gasteiger charge is -2.22. The number of pyridine rings is 2. The first-order valence-corrected chi connectivity index (χ1v) is 18.1. The summed E-state index contributed by atoms with van der Waals surface area (Å²) in [4.78, 5) is 41.7. The fraction of sp³-hybridized carbons (Fsp3) is 0.316. The summed E-state index contributed by atoms with van der Waals surface area (Å²) in [5.74, 6) is -1.09. The second-order valence-electron chi connectivity index (χ2n) is 13.0. The number of aliphatic carboxylic acids is 1. The molecule has 2 unspecified atom stereocenters. The average Bonchev–Trinajstić information content (AvgIpc) is 3.59. The van der Waals surface area contributed by atoms with Crippen LogP contribution in [0.1, 0.15) is 56.9 Å². The Hall–Kier alpha value is -4.68. The van der Waals surface area contributed by atoms with E-state index < -0.39 is 16.8 Å². The quantitative estimate of drug-likeness (QED) is 0.111. The van der Waals surface area contributed by atoms with Crippen LogP contribution in [-0.2, 0) is 27.4 Å². The number of rotatable bonds is 10. The molecular formula is C38H42N6O4S2. The molecule has 0 aliphatic heterocycles. The number of carboxylic acid groups (broad SMARTS) is 1. The van der Waals surface area contributed by atoms with Crippen molar-refractivity contribution in [2.45, 2.75) is 88.0 Å². The van der Waals surface area contributed by atoms with Crippen molar-refractivity contribution >= 4 is 57.8 Å². The van der Waals surface area contributed by atoms with Crippen LogP contribution in [0.5, 0.6) is 0 Å². The van der Waals surface area contributed by atoms with Crippen molar-refractivity contribution in [1.29, 1.82) is 0 Å². The second kappa shape index (κ2) is 15.9. The summed E-state index contributed by atoms with van der Waals surface area (Å²) in [7, 11) is 0. The van der Waals surface area contributed by atoms with Crippen molar-refractivity contribution in [3.63, 3.8) is 0 Å². The molecule has 50 heavy (non-hydrogen) atoms. The molecule has 0 saturated carbocycles. The Morgan fingerprint density at radius 1 is 0.720 bits per heavy atom. The SMILES string of the molecule is Cc1ccc(Cn2c(SC(C)C(=O)O)nc3cccnc32)cc1.Cc1ccc(Cn2c(SC(C)C(=O)OC(C)(C)C)nc3cccnc32)cc1. The number of thioether (sulfide) groups is 2. The molecule has 1 N–H and O–H groups in total. The van der Waals surface area contributed by atoms with Crippen LogP contribution in [0.15, 0.2) is 95.5 Å². The van der Waals surface area contributed by atoms with Gasteiger partial charge in [0.15, 0.2) is 21.6 Å². The standard InChI is InChI=1S/C21H25N3O2S.C17H17N3O2S/c1-14-8-10-16(11-9-14)13-24-18-17(7-6-12-22-18)23-20(24)27-15(2)19(25)26-21(3,4)5;1-11-5-7-13(8-6-11)10-20-15-14(4-3-9-18-15)19-17(20)23-12(2)16(21)22/h6-12,15H,13H2,1-5H3;3-9,12H,10H2,1-2H3,(H,21,22). The van der Waals surface area contributed by atoms with Crippen LogP contribution < -0.4 is 0 Å². The summed E-state index contributed by atoms with van der Waals surface area (Å²) in [5, 5.41) is 9.67. The molecule has 10 nitrogen and oxygen atoms in total. The number of aryl methyl sites for hydroxylation is 2. The minimum Gasteiger partial charge on any atom is -0.480 e. The number of esters is 1. The Balaban J connectivity index is 0.000000197. The molecule has 0 aliphatic carbocycles. The smallest absolute Gasteiger partial charge is 0.319 e. The maximum atomic E-state index is 12.4. The fourth-order valence-corrected chi connectivity index (χ4v) is 6.63. The third kappa shape index (κ3) is 9.51. The zero-order chi connectivity index (χ0) is 36.0. The number of benzene rings is 2. The van der Waals surface area contributed by atoms with Crippen LogP contribution in [0.25, 0.3) is 22.3 Å². The normalized spacial score (nSPS) is 12.7. The highest BCUT2D eigenvalue weighted by Gasteiger charge is 2.25. The summed E-state index contributed by atoms with van der Waals surface area (Å²) in [6, 6.07) is 24.2. The maximum absolute atomic E-state index is 12.4. The molecular weight excluding hydrogens is 669 g/mol. The van der Waals surface area contributed by atoms with E-state index in [1.54, 1.807) is 19.3 Å². The minimum atomic E-state index is -0.850. The van der Waals surface area contributed by atoms with E-state index in [0.717, 1.165) is 38.6 Å². The largest absolute Gasteiger partial charge is 0.480 e. The molecule has 0 bridgehead atoms. The first kappa shape index (κ1) is 36.6. The molecule has 12 heteroatoms. The van der Waals surface area contributed by atoms with Crippen molar-refractivity contribution in [2.24, 2.45) is 0 Å². The number of carboxylic acids is 1. The number of hydrogen-bond acceptors (Lipinski definition) is 9. The van der Waals surface area contributed by atoms with Crippen LogP contribution in [0.2, 0.25) is 0 Å². The lowest BCUT2D eigenvalue weighted by molar-refractivity contribution is -0.153. The first-order valence-electron chi connectivity index (χ1n) is 16.3. The van der Waals surface area contributed by atoms with Crippen molar-refractivity contribution < 1.29 is 19.4 Å². The average molecular weight is 711 g/mol. The molecule has 260 valence electrons. The zero-order valence-corrected chi connectivity index (χ0v) is 31.0. The highest BCUT2D eigenvalue weighted by molar-refractivity contribution is 8.00. The van der Waals surface area contributed by atoms with Gasteiger partial charge in [0.2, 0.25) is 0 Å². The third-order valence-electron chi connectivity index (χ3n) is 7.51. The molecule has 0 radical (unpaired) electrons. The van der Waals surface area contributed by atoms with Gasteiger partial charge in [0.05, 0.1) is 13.1 Å². The number of aromatic nitrogens is 6. The molecule has 4 heterocycles. The molecule has 0 fully saturated rings. The van der Waals surface area contributed by atoms with Gasteiger partial charge < -0.3 is 9.84 Å². The molecule has 0 amide bonds. The Morgan fingerprint density at radius 3 is 1.54 bits per heavy atom. The Labute approximate surface area is 300 Å². The molecule has 4 aromatic heterocycles. The van der Waals surface area contributed by atoms with Gasteiger partial charge >= 0.3 is 11.9 Å². The number of imidazole rings is 2. The van der Waals surface area contributed by atoms with E-state index in [1.807, 2.05) is 63.5 Å². The predicted molar refractivity (Wildman–Crippen MR) is 200 cm³/mol. The number of carbonyl (C=O) groups is 2. The van der Waals surface area contributed by atoms with Gasteiger partial charge in [-0.1, -0.05) is 83.2 Å². The van der Waals surface area contributed by atoms with E-state index in [1.165, 1.54) is 34.7 Å². The van der Waals surface area contributed by atoms with Crippen LogP contribution in [0.3, 0.4) is 0 Å². The summed E-state index contributed by atoms with van der Waals surface area (Å²) in [5.41, 5.74) is 7.41. The summed E-state index contributed by atoms with van der Waals surface area (Å²) in [6.45, 7) is 14.5. The number of ether oxygens (including phenoxy) is 1. The molecule has 0 saturated heterocycles. The summed E-state index contributed by atoms with van der Waals surface area (Å²) < 4.78 is 9.54. The molecule has 2 atom stereocenters. The summed E-state index contributed by atoms with van der Waals surface area (Å²) >= 11 is 2.64. The lowest BCUT2D eigenvalue weighted by Crippen LogP contribution is -2.29. The number of fused-ring (bicyclic) bond motifs is 2. The predicted octanol–water partition coefficient (Wildman–Crippen LogP) is 7.96. The van der Waals surface area contributed by atoms with Crippen molar-refractivity contribution in [2.75, 3.05) is 0 Å². The zero-order valence-electron chi connectivity index (χ0n) is 29.3. The van der Waals surface area contributed by atoms with Gasteiger partial charge in [-0.2, -0.15) is 0 Å². The van der Waals surface area contributed by atoms with Gasteiger partial charge in [-0.05, 0) is 83.9 Å². The van der Waals surface area contributed by atoms with Crippen LogP contribution in [0.4, 0.5) is 0 Å². The number of hydrogen-bond donors (Lipinski definition) is 1. The second-order valence-corrected chi connectivity index (χ2v) is 15.6. The van der Waals surface area contributed by atoms with E-state index in [4.69, 9.17) is 14.8 Å². The van der Waals surface area contributed by atoms with Gasteiger partial charge in [-0.25, -0.2) is 19.9 Å². The molecule has 0 spiro atoms. The highest BCUT2D eigenvalue weighted by atomic mass is 32.2. The van der Waals surface area contributed by atoms with E-state index in [2.05, 4.69) is 75.0 Å². The molecule has 2 aromatic carbocycles. The third-order valence-corrected chi connectivity index (χ3v) is 9.66. The van der Waals surface area contributed by atoms with Crippen molar-refractivity contribution in [1.82, 2.24) is 29.1 Å². The van der Waals surface area contributed by atoms with Gasteiger partial charge in [0.25, 0.3) is 0 Å². The van der Waals surface area contributed by atoms with Crippen molar-refractivity contribution in [3.8, 4) is 0 Å². The highest BCUT2D eigenvalue weighted by Crippen LogP contribution is 2.29. The molecule has 0 aliphatic rings. The van der Waals surface area contributed by atoms with E-state index in [0.29, 0.717) is 18.2 Å². The fourth-order valence-electron chi connectivity index (χ4n) is 4.89. The number of carbonyl (C=O) groups excluding carboxylic acids is 1. The lowest BCUT2D eigenvalue weighted by atomic mass is 10.1. The maximum Gasteiger partial charge on any atom is 0.319 e.